The highest BCUT2D eigenvalue weighted by Crippen LogP contribution is 2.20. The summed E-state index contributed by atoms with van der Waals surface area (Å²) in [6.45, 7) is 3.35. The number of nitrogens with one attached hydrogen (secondary N) is 1. The van der Waals surface area contributed by atoms with E-state index < -0.39 is 0 Å². The van der Waals surface area contributed by atoms with E-state index >= 15 is 0 Å². The van der Waals surface area contributed by atoms with Crippen LogP contribution < -0.4 is 5.32 Å². The lowest BCUT2D eigenvalue weighted by Crippen LogP contribution is -2.40. The molecule has 2 aromatic rings. The highest BCUT2D eigenvalue weighted by atomic mass is 35.5. The van der Waals surface area contributed by atoms with Gasteiger partial charge in [-0.3, -0.25) is 9.69 Å². The predicted octanol–water partition coefficient (Wildman–Crippen LogP) is 4.05. The van der Waals surface area contributed by atoms with Gasteiger partial charge in [0, 0.05) is 24.0 Å². The van der Waals surface area contributed by atoms with Crippen LogP contribution in [0.2, 0.25) is 5.02 Å². The zero-order chi connectivity index (χ0) is 18.4. The van der Waals surface area contributed by atoms with E-state index in [4.69, 9.17) is 11.6 Å². The van der Waals surface area contributed by atoms with Crippen molar-refractivity contribution in [3.05, 3.63) is 70.5 Å². The quantitative estimate of drug-likeness (QED) is 0.827. The highest BCUT2D eigenvalue weighted by Gasteiger charge is 2.24. The van der Waals surface area contributed by atoms with Crippen LogP contribution in [-0.2, 0) is 17.8 Å². The first-order chi connectivity index (χ1) is 12.6. The number of benzene rings is 2. The second-order valence-corrected chi connectivity index (χ2v) is 7.28. The van der Waals surface area contributed by atoms with E-state index in [1.807, 2.05) is 12.1 Å². The number of piperidine rings is 1. The summed E-state index contributed by atoms with van der Waals surface area (Å²) < 4.78 is 12.9. The molecule has 3 rings (SSSR count). The lowest BCUT2D eigenvalue weighted by Gasteiger charge is -2.31. The number of carbonyl (C=O) groups is 1. The summed E-state index contributed by atoms with van der Waals surface area (Å²) in [6.07, 6.45) is 2.49. The third-order valence-corrected chi connectivity index (χ3v) is 5.16. The largest absolute Gasteiger partial charge is 0.356 e. The van der Waals surface area contributed by atoms with Gasteiger partial charge in [-0.1, -0.05) is 35.9 Å². The van der Waals surface area contributed by atoms with Gasteiger partial charge in [-0.05, 0) is 67.7 Å². The lowest BCUT2D eigenvalue weighted by molar-refractivity contribution is -0.126. The van der Waals surface area contributed by atoms with Crippen LogP contribution in [0.4, 0.5) is 4.39 Å². The minimum atomic E-state index is -0.233. The van der Waals surface area contributed by atoms with Crippen LogP contribution in [-0.4, -0.2) is 30.4 Å². The summed E-state index contributed by atoms with van der Waals surface area (Å²) in [4.78, 5) is 14.7. The number of rotatable bonds is 6. The van der Waals surface area contributed by atoms with Gasteiger partial charge in [0.1, 0.15) is 5.82 Å². The first kappa shape index (κ1) is 18.9. The van der Waals surface area contributed by atoms with Gasteiger partial charge >= 0.3 is 0 Å². The summed E-state index contributed by atoms with van der Waals surface area (Å²) >= 11 is 5.92. The Balaban J connectivity index is 1.37. The van der Waals surface area contributed by atoms with Crippen molar-refractivity contribution in [3.8, 4) is 0 Å². The minimum absolute atomic E-state index is 0.0877. The fraction of sp³-hybridized carbons (Fsp3) is 0.381. The van der Waals surface area contributed by atoms with Crippen molar-refractivity contribution in [2.45, 2.75) is 25.8 Å². The molecule has 0 aromatic heterocycles. The van der Waals surface area contributed by atoms with E-state index in [0.29, 0.717) is 6.54 Å². The maximum atomic E-state index is 12.9. The molecule has 1 aliphatic heterocycles. The Morgan fingerprint density at radius 1 is 1.04 bits per heavy atom. The van der Waals surface area contributed by atoms with Crippen molar-refractivity contribution >= 4 is 17.5 Å². The molecule has 1 aliphatic rings. The van der Waals surface area contributed by atoms with Crippen molar-refractivity contribution < 1.29 is 9.18 Å². The molecule has 2 aromatic carbocycles. The molecule has 0 atom stereocenters. The van der Waals surface area contributed by atoms with Gasteiger partial charge in [0.15, 0.2) is 0 Å². The zero-order valence-electron chi connectivity index (χ0n) is 14.8. The van der Waals surface area contributed by atoms with Gasteiger partial charge in [-0.25, -0.2) is 4.39 Å². The molecule has 1 heterocycles. The number of hydrogen-bond donors (Lipinski definition) is 1. The van der Waals surface area contributed by atoms with Crippen LogP contribution in [0.5, 0.6) is 0 Å². The second kappa shape index (κ2) is 9.15. The molecule has 26 heavy (non-hydrogen) atoms. The SMILES string of the molecule is O=C(NCCc1ccc(F)cc1)C1CCN(Cc2ccc(Cl)cc2)CC1. The molecule has 1 fully saturated rings. The number of carbonyl (C=O) groups excluding carboxylic acids is 1. The van der Waals surface area contributed by atoms with Crippen LogP contribution in [0, 0.1) is 11.7 Å². The van der Waals surface area contributed by atoms with E-state index in [1.54, 1.807) is 12.1 Å². The summed E-state index contributed by atoms with van der Waals surface area (Å²) in [7, 11) is 0. The Kier molecular flexibility index (Phi) is 6.64. The molecule has 1 saturated heterocycles. The molecule has 138 valence electrons. The number of nitrogens with zero attached hydrogens (tertiary/aromatic N) is 1. The molecule has 1 N–H and O–H groups in total. The second-order valence-electron chi connectivity index (χ2n) is 6.84. The number of amides is 1. The fourth-order valence-corrected chi connectivity index (χ4v) is 3.45. The topological polar surface area (TPSA) is 32.3 Å². The maximum Gasteiger partial charge on any atom is 0.223 e. The van der Waals surface area contributed by atoms with E-state index in [-0.39, 0.29) is 17.6 Å². The van der Waals surface area contributed by atoms with E-state index in [0.717, 1.165) is 49.5 Å². The first-order valence-corrected chi connectivity index (χ1v) is 9.47. The molecular formula is C21H24ClFN2O. The van der Waals surface area contributed by atoms with E-state index in [2.05, 4.69) is 22.3 Å². The van der Waals surface area contributed by atoms with Crippen molar-refractivity contribution in [1.82, 2.24) is 10.2 Å². The molecule has 5 heteroatoms. The summed E-state index contributed by atoms with van der Waals surface area (Å²) in [5.41, 5.74) is 2.28. The Bertz CT molecular complexity index is 710. The molecule has 0 radical (unpaired) electrons. The van der Waals surface area contributed by atoms with Gasteiger partial charge in [-0.2, -0.15) is 0 Å². The number of hydrogen-bond acceptors (Lipinski definition) is 2. The lowest BCUT2D eigenvalue weighted by atomic mass is 9.95. The fourth-order valence-electron chi connectivity index (χ4n) is 3.33. The van der Waals surface area contributed by atoms with Gasteiger partial charge in [0.25, 0.3) is 0 Å². The summed E-state index contributed by atoms with van der Waals surface area (Å²) in [6, 6.07) is 14.4. The Labute approximate surface area is 159 Å². The van der Waals surface area contributed by atoms with Crippen molar-refractivity contribution in [2.75, 3.05) is 19.6 Å². The average Bonchev–Trinajstić information content (AvgIpc) is 2.66. The van der Waals surface area contributed by atoms with Gasteiger partial charge in [0.2, 0.25) is 5.91 Å². The minimum Gasteiger partial charge on any atom is -0.356 e. The van der Waals surface area contributed by atoms with E-state index in [9.17, 15) is 9.18 Å². The Morgan fingerprint density at radius 2 is 1.65 bits per heavy atom. The van der Waals surface area contributed by atoms with Gasteiger partial charge in [-0.15, -0.1) is 0 Å². The molecule has 0 bridgehead atoms. The van der Waals surface area contributed by atoms with Crippen LogP contribution >= 0.6 is 11.6 Å². The third-order valence-electron chi connectivity index (χ3n) is 4.90. The van der Waals surface area contributed by atoms with Crippen LogP contribution in [0.25, 0.3) is 0 Å². The predicted molar refractivity (Wildman–Crippen MR) is 103 cm³/mol. The van der Waals surface area contributed by atoms with Crippen LogP contribution in [0.3, 0.4) is 0 Å². The summed E-state index contributed by atoms with van der Waals surface area (Å²) in [5, 5.41) is 3.77. The Hall–Kier alpha value is -1.91. The number of halogens is 2. The van der Waals surface area contributed by atoms with Gasteiger partial charge in [0.05, 0.1) is 0 Å². The molecule has 0 aliphatic carbocycles. The molecule has 3 nitrogen and oxygen atoms in total. The zero-order valence-corrected chi connectivity index (χ0v) is 15.5. The summed E-state index contributed by atoms with van der Waals surface area (Å²) in [5.74, 6) is -0.00825. The third kappa shape index (κ3) is 5.55. The maximum absolute atomic E-state index is 12.9. The molecule has 0 unspecified atom stereocenters. The van der Waals surface area contributed by atoms with Crippen LogP contribution in [0.1, 0.15) is 24.0 Å². The Morgan fingerprint density at radius 3 is 2.31 bits per heavy atom. The smallest absolute Gasteiger partial charge is 0.223 e. The number of likely N-dealkylation sites (tertiary alicyclic amines) is 1. The normalized spacial score (nSPS) is 15.8. The molecule has 0 saturated carbocycles. The first-order valence-electron chi connectivity index (χ1n) is 9.09. The van der Waals surface area contributed by atoms with Crippen LogP contribution in [0.15, 0.2) is 48.5 Å². The average molecular weight is 375 g/mol. The highest BCUT2D eigenvalue weighted by molar-refractivity contribution is 6.30. The van der Waals surface area contributed by atoms with E-state index in [1.165, 1.54) is 17.7 Å². The molecular weight excluding hydrogens is 351 g/mol. The molecule has 1 amide bonds. The van der Waals surface area contributed by atoms with Crippen molar-refractivity contribution in [1.29, 1.82) is 0 Å². The standard InChI is InChI=1S/C21H24ClFN2O/c22-19-5-1-17(2-6-19)15-25-13-10-18(11-14-25)21(26)24-12-9-16-3-7-20(23)8-4-16/h1-8,18H,9-15H2,(H,24,26). The van der Waals surface area contributed by atoms with Crippen molar-refractivity contribution in [3.63, 3.8) is 0 Å². The monoisotopic (exact) mass is 374 g/mol. The van der Waals surface area contributed by atoms with Gasteiger partial charge < -0.3 is 5.32 Å². The van der Waals surface area contributed by atoms with Crippen molar-refractivity contribution in [2.24, 2.45) is 5.92 Å². The molecule has 0 spiro atoms.